The fourth-order valence-corrected chi connectivity index (χ4v) is 2.53. The van der Waals surface area contributed by atoms with E-state index in [9.17, 15) is 5.11 Å². The van der Waals surface area contributed by atoms with E-state index in [0.717, 1.165) is 0 Å². The zero-order valence-corrected chi connectivity index (χ0v) is 11.9. The van der Waals surface area contributed by atoms with Gasteiger partial charge in [0.05, 0.1) is 37.9 Å². The maximum atomic E-state index is 10.3. The first-order chi connectivity index (χ1) is 10.8. The van der Waals surface area contributed by atoms with Gasteiger partial charge in [-0.3, -0.25) is 0 Å². The van der Waals surface area contributed by atoms with Gasteiger partial charge in [0.2, 0.25) is 0 Å². The number of aliphatic hydroxyl groups is 1. The van der Waals surface area contributed by atoms with Crippen molar-refractivity contribution in [2.75, 3.05) is 24.7 Å². The van der Waals surface area contributed by atoms with Crippen molar-refractivity contribution < 1.29 is 14.3 Å². The fraction of sp³-hybridized carbons (Fsp3) is 0.400. The van der Waals surface area contributed by atoms with Crippen molar-refractivity contribution in [3.63, 3.8) is 0 Å². The third kappa shape index (κ3) is 3.08. The standard InChI is InChI=1S/C15H16N4O3/c16-7-11-8-18-15(9-17-11)19-3-5-21-10-12(19)6-13(20)14-2-1-4-22-14/h1-2,4,8-9,12-13,20H,3,5-6,10H2. The van der Waals surface area contributed by atoms with Crippen molar-refractivity contribution in [1.82, 2.24) is 9.97 Å². The molecule has 0 spiro atoms. The molecule has 1 fully saturated rings. The Kier molecular flexibility index (Phi) is 4.32. The Hall–Kier alpha value is -2.43. The van der Waals surface area contributed by atoms with E-state index in [4.69, 9.17) is 14.4 Å². The summed E-state index contributed by atoms with van der Waals surface area (Å²) in [6.07, 6.45) is 4.34. The SMILES string of the molecule is N#Cc1cnc(N2CCOCC2CC(O)c2ccco2)cn1. The van der Waals surface area contributed by atoms with Gasteiger partial charge in [0.25, 0.3) is 0 Å². The molecule has 3 rings (SSSR count). The molecular weight excluding hydrogens is 284 g/mol. The molecule has 1 aliphatic heterocycles. The molecule has 1 saturated heterocycles. The summed E-state index contributed by atoms with van der Waals surface area (Å²) >= 11 is 0. The molecule has 0 aromatic carbocycles. The van der Waals surface area contributed by atoms with Crippen LogP contribution in [0.5, 0.6) is 0 Å². The van der Waals surface area contributed by atoms with Crippen molar-refractivity contribution in [3.8, 4) is 6.07 Å². The predicted molar refractivity (Wildman–Crippen MR) is 77.0 cm³/mol. The Morgan fingerprint density at radius 3 is 3.05 bits per heavy atom. The number of morpholine rings is 1. The highest BCUT2D eigenvalue weighted by Gasteiger charge is 2.28. The second-order valence-corrected chi connectivity index (χ2v) is 5.06. The summed E-state index contributed by atoms with van der Waals surface area (Å²) in [4.78, 5) is 10.4. The number of rotatable bonds is 4. The van der Waals surface area contributed by atoms with Crippen LogP contribution in [-0.4, -0.2) is 40.9 Å². The molecule has 114 valence electrons. The molecular formula is C15H16N4O3. The highest BCUT2D eigenvalue weighted by atomic mass is 16.5. The number of nitrogens with zero attached hydrogens (tertiary/aromatic N) is 4. The van der Waals surface area contributed by atoms with Crippen molar-refractivity contribution >= 4 is 5.82 Å². The van der Waals surface area contributed by atoms with Crippen LogP contribution in [0.2, 0.25) is 0 Å². The molecule has 1 N–H and O–H groups in total. The lowest BCUT2D eigenvalue weighted by Gasteiger charge is -2.37. The molecule has 1 aliphatic rings. The maximum absolute atomic E-state index is 10.3. The summed E-state index contributed by atoms with van der Waals surface area (Å²) in [6.45, 7) is 1.75. The minimum Gasteiger partial charge on any atom is -0.467 e. The molecule has 3 heterocycles. The summed E-state index contributed by atoms with van der Waals surface area (Å²) in [6, 6.07) is 5.42. The van der Waals surface area contributed by atoms with E-state index in [-0.39, 0.29) is 11.7 Å². The number of nitriles is 1. The van der Waals surface area contributed by atoms with Crippen molar-refractivity contribution in [2.24, 2.45) is 0 Å². The summed E-state index contributed by atoms with van der Waals surface area (Å²) in [7, 11) is 0. The number of ether oxygens (including phenoxy) is 1. The molecule has 7 nitrogen and oxygen atoms in total. The molecule has 2 atom stereocenters. The van der Waals surface area contributed by atoms with Gasteiger partial charge in [-0.15, -0.1) is 0 Å². The van der Waals surface area contributed by atoms with Crippen LogP contribution in [0.4, 0.5) is 5.82 Å². The van der Waals surface area contributed by atoms with Crippen LogP contribution in [0.25, 0.3) is 0 Å². The molecule has 2 aromatic heterocycles. The van der Waals surface area contributed by atoms with E-state index in [1.165, 1.54) is 6.20 Å². The quantitative estimate of drug-likeness (QED) is 0.908. The van der Waals surface area contributed by atoms with Gasteiger partial charge in [-0.25, -0.2) is 9.97 Å². The Labute approximate surface area is 127 Å². The second-order valence-electron chi connectivity index (χ2n) is 5.06. The average Bonchev–Trinajstić information content (AvgIpc) is 3.10. The van der Waals surface area contributed by atoms with Crippen LogP contribution in [-0.2, 0) is 4.74 Å². The van der Waals surface area contributed by atoms with Gasteiger partial charge < -0.3 is 19.2 Å². The van der Waals surface area contributed by atoms with Crippen molar-refractivity contribution in [2.45, 2.75) is 18.6 Å². The number of hydrogen-bond acceptors (Lipinski definition) is 7. The smallest absolute Gasteiger partial charge is 0.158 e. The topological polar surface area (TPSA) is 95.4 Å². The Bertz CT molecular complexity index is 636. The molecule has 0 radical (unpaired) electrons. The number of aromatic nitrogens is 2. The first kappa shape index (κ1) is 14.5. The van der Waals surface area contributed by atoms with Gasteiger partial charge in [0.1, 0.15) is 23.8 Å². The maximum Gasteiger partial charge on any atom is 0.158 e. The molecule has 0 bridgehead atoms. The van der Waals surface area contributed by atoms with E-state index >= 15 is 0 Å². The molecule has 2 unspecified atom stereocenters. The van der Waals surface area contributed by atoms with Gasteiger partial charge in [0, 0.05) is 13.0 Å². The zero-order valence-electron chi connectivity index (χ0n) is 11.9. The first-order valence-corrected chi connectivity index (χ1v) is 7.06. The van der Waals surface area contributed by atoms with Gasteiger partial charge in [0.15, 0.2) is 5.69 Å². The van der Waals surface area contributed by atoms with E-state index in [2.05, 4.69) is 9.97 Å². The highest BCUT2D eigenvalue weighted by molar-refractivity contribution is 5.39. The lowest BCUT2D eigenvalue weighted by atomic mass is 10.1. The molecule has 2 aromatic rings. The number of anilines is 1. The third-order valence-corrected chi connectivity index (χ3v) is 3.64. The predicted octanol–water partition coefficient (Wildman–Crippen LogP) is 1.27. The number of hydrogen-bond donors (Lipinski definition) is 1. The monoisotopic (exact) mass is 300 g/mol. The lowest BCUT2D eigenvalue weighted by Crippen LogP contribution is -2.46. The number of furan rings is 1. The summed E-state index contributed by atoms with van der Waals surface area (Å²) in [5, 5.41) is 19.0. The van der Waals surface area contributed by atoms with Crippen LogP contribution < -0.4 is 4.90 Å². The van der Waals surface area contributed by atoms with Gasteiger partial charge in [-0.1, -0.05) is 0 Å². The van der Waals surface area contributed by atoms with E-state index in [1.54, 1.807) is 24.6 Å². The summed E-state index contributed by atoms with van der Waals surface area (Å²) in [5.74, 6) is 1.22. The van der Waals surface area contributed by atoms with Crippen LogP contribution >= 0.6 is 0 Å². The molecule has 0 saturated carbocycles. The molecule has 7 heteroatoms. The van der Waals surface area contributed by atoms with Crippen molar-refractivity contribution in [3.05, 3.63) is 42.2 Å². The second kappa shape index (κ2) is 6.56. The Morgan fingerprint density at radius 1 is 1.45 bits per heavy atom. The first-order valence-electron chi connectivity index (χ1n) is 7.06. The lowest BCUT2D eigenvalue weighted by molar-refractivity contribution is 0.0616. The van der Waals surface area contributed by atoms with Crippen molar-refractivity contribution in [1.29, 1.82) is 5.26 Å². The highest BCUT2D eigenvalue weighted by Crippen LogP contribution is 2.25. The minimum atomic E-state index is -0.699. The van der Waals surface area contributed by atoms with Gasteiger partial charge >= 0.3 is 0 Å². The molecule has 0 aliphatic carbocycles. The van der Waals surface area contributed by atoms with Crippen LogP contribution in [0.1, 0.15) is 24.0 Å². The van der Waals surface area contributed by atoms with E-state index in [0.29, 0.717) is 37.8 Å². The third-order valence-electron chi connectivity index (χ3n) is 3.64. The average molecular weight is 300 g/mol. The number of aliphatic hydroxyl groups excluding tert-OH is 1. The minimum absolute atomic E-state index is 0.0314. The van der Waals surface area contributed by atoms with E-state index in [1.807, 2.05) is 11.0 Å². The van der Waals surface area contributed by atoms with Gasteiger partial charge in [-0.2, -0.15) is 5.26 Å². The van der Waals surface area contributed by atoms with E-state index < -0.39 is 6.10 Å². The summed E-state index contributed by atoms with van der Waals surface area (Å²) < 4.78 is 10.7. The van der Waals surface area contributed by atoms with Gasteiger partial charge in [-0.05, 0) is 12.1 Å². The Balaban J connectivity index is 1.74. The molecule has 0 amide bonds. The van der Waals surface area contributed by atoms with Crippen LogP contribution in [0, 0.1) is 11.3 Å². The van der Waals surface area contributed by atoms with Crippen LogP contribution in [0.3, 0.4) is 0 Å². The Morgan fingerprint density at radius 2 is 2.36 bits per heavy atom. The normalized spacial score (nSPS) is 19.6. The fourth-order valence-electron chi connectivity index (χ4n) is 2.53. The zero-order chi connectivity index (χ0) is 15.4. The summed E-state index contributed by atoms with van der Waals surface area (Å²) in [5.41, 5.74) is 0.282. The van der Waals surface area contributed by atoms with Crippen LogP contribution in [0.15, 0.2) is 35.2 Å². The molecule has 22 heavy (non-hydrogen) atoms. The largest absolute Gasteiger partial charge is 0.467 e.